The Balaban J connectivity index is 1.24. The van der Waals surface area contributed by atoms with E-state index in [0.717, 1.165) is 30.9 Å². The number of aryl methyl sites for hydroxylation is 1. The average Bonchev–Trinajstić information content (AvgIpc) is 3.34. The van der Waals surface area contributed by atoms with E-state index in [4.69, 9.17) is 0 Å². The van der Waals surface area contributed by atoms with E-state index in [0.29, 0.717) is 17.2 Å². The van der Waals surface area contributed by atoms with Crippen molar-refractivity contribution in [1.82, 2.24) is 5.32 Å². The molecule has 0 heterocycles. The molecule has 2 nitrogen and oxygen atoms in total. The molecule has 108 valence electrons. The van der Waals surface area contributed by atoms with Crippen LogP contribution in [-0.4, -0.2) is 18.2 Å². The first-order valence-electron chi connectivity index (χ1n) is 7.61. The van der Waals surface area contributed by atoms with Gasteiger partial charge >= 0.3 is 0 Å². The summed E-state index contributed by atoms with van der Waals surface area (Å²) in [6, 6.07) is 8.68. The summed E-state index contributed by atoms with van der Waals surface area (Å²) in [4.78, 5) is 11.8. The van der Waals surface area contributed by atoms with Crippen LogP contribution in [-0.2, 0) is 10.5 Å². The van der Waals surface area contributed by atoms with E-state index in [1.165, 1.54) is 24.0 Å². The van der Waals surface area contributed by atoms with Crippen LogP contribution in [0.2, 0.25) is 0 Å². The largest absolute Gasteiger partial charge is 0.356 e. The molecule has 3 heteroatoms. The molecule has 2 fully saturated rings. The summed E-state index contributed by atoms with van der Waals surface area (Å²) < 4.78 is 0. The molecule has 2 saturated carbocycles. The molecule has 1 amide bonds. The summed E-state index contributed by atoms with van der Waals surface area (Å²) in [6.45, 7) is 2.97. The number of thioether (sulfide) groups is 1. The minimum atomic E-state index is 0.311. The first kappa shape index (κ1) is 14.0. The highest BCUT2D eigenvalue weighted by Crippen LogP contribution is 2.70. The van der Waals surface area contributed by atoms with E-state index in [1.54, 1.807) is 0 Å². The zero-order valence-electron chi connectivity index (χ0n) is 12.2. The van der Waals surface area contributed by atoms with Crippen LogP contribution in [0.25, 0.3) is 0 Å². The number of hydrogen-bond donors (Lipinski definition) is 1. The SMILES string of the molecule is Cc1cccc(CSCCCNC(=O)C2CC23CC3)c1. The van der Waals surface area contributed by atoms with Gasteiger partial charge in [0.1, 0.15) is 0 Å². The van der Waals surface area contributed by atoms with Gasteiger partial charge in [0.15, 0.2) is 0 Å². The molecular formula is C17H23NOS. The van der Waals surface area contributed by atoms with Gasteiger partial charge in [-0.25, -0.2) is 0 Å². The molecule has 0 aromatic heterocycles. The van der Waals surface area contributed by atoms with Crippen molar-refractivity contribution in [3.63, 3.8) is 0 Å². The minimum absolute atomic E-state index is 0.311. The van der Waals surface area contributed by atoms with Gasteiger partial charge in [-0.1, -0.05) is 29.8 Å². The van der Waals surface area contributed by atoms with E-state index >= 15 is 0 Å². The number of carbonyl (C=O) groups excluding carboxylic acids is 1. The van der Waals surface area contributed by atoms with Crippen molar-refractivity contribution in [3.8, 4) is 0 Å². The Morgan fingerprint density at radius 3 is 3.00 bits per heavy atom. The monoisotopic (exact) mass is 289 g/mol. The van der Waals surface area contributed by atoms with Gasteiger partial charge in [-0.3, -0.25) is 4.79 Å². The van der Waals surface area contributed by atoms with Crippen molar-refractivity contribution in [2.45, 2.75) is 38.4 Å². The van der Waals surface area contributed by atoms with Crippen molar-refractivity contribution in [2.75, 3.05) is 12.3 Å². The van der Waals surface area contributed by atoms with Gasteiger partial charge in [-0.15, -0.1) is 0 Å². The Hall–Kier alpha value is -0.960. The van der Waals surface area contributed by atoms with Gasteiger partial charge in [0.05, 0.1) is 0 Å². The fourth-order valence-electron chi connectivity index (χ4n) is 2.93. The Morgan fingerprint density at radius 2 is 2.30 bits per heavy atom. The topological polar surface area (TPSA) is 29.1 Å². The Morgan fingerprint density at radius 1 is 1.45 bits per heavy atom. The standard InChI is InChI=1S/C17H23NOS/c1-13-4-2-5-14(10-13)12-20-9-3-8-18-16(19)15-11-17(15)6-7-17/h2,4-5,10,15H,3,6-9,11-12H2,1H3,(H,18,19). The second-order valence-electron chi connectivity index (χ2n) is 6.31. The number of rotatable bonds is 7. The van der Waals surface area contributed by atoms with Crippen molar-refractivity contribution in [1.29, 1.82) is 0 Å². The maximum Gasteiger partial charge on any atom is 0.223 e. The van der Waals surface area contributed by atoms with Crippen LogP contribution in [0.5, 0.6) is 0 Å². The lowest BCUT2D eigenvalue weighted by molar-refractivity contribution is -0.122. The maximum absolute atomic E-state index is 11.8. The number of benzene rings is 1. The molecule has 1 spiro atoms. The highest BCUT2D eigenvalue weighted by atomic mass is 32.2. The first-order valence-corrected chi connectivity index (χ1v) is 8.76. The summed E-state index contributed by atoms with van der Waals surface area (Å²) in [5.74, 6) is 2.86. The molecule has 0 saturated heterocycles. The van der Waals surface area contributed by atoms with E-state index in [1.807, 2.05) is 11.8 Å². The molecule has 1 unspecified atom stereocenters. The van der Waals surface area contributed by atoms with Gasteiger partial charge in [-0.05, 0) is 49.3 Å². The molecule has 0 bridgehead atoms. The van der Waals surface area contributed by atoms with Gasteiger partial charge in [0.25, 0.3) is 0 Å². The summed E-state index contributed by atoms with van der Waals surface area (Å²) in [5, 5.41) is 3.10. The van der Waals surface area contributed by atoms with Crippen LogP contribution in [0.3, 0.4) is 0 Å². The molecule has 1 aromatic rings. The Bertz CT molecular complexity index is 496. The first-order chi connectivity index (χ1) is 9.70. The molecule has 1 aromatic carbocycles. The van der Waals surface area contributed by atoms with E-state index < -0.39 is 0 Å². The third-order valence-corrected chi connectivity index (χ3v) is 5.63. The molecular weight excluding hydrogens is 266 g/mol. The lowest BCUT2D eigenvalue weighted by atomic mass is 10.2. The summed E-state index contributed by atoms with van der Waals surface area (Å²) in [5.41, 5.74) is 3.21. The molecule has 3 rings (SSSR count). The van der Waals surface area contributed by atoms with Gasteiger partial charge in [0, 0.05) is 18.2 Å². The second-order valence-corrected chi connectivity index (χ2v) is 7.41. The highest BCUT2D eigenvalue weighted by molar-refractivity contribution is 7.98. The number of hydrogen-bond acceptors (Lipinski definition) is 2. The van der Waals surface area contributed by atoms with E-state index in [9.17, 15) is 4.79 Å². The van der Waals surface area contributed by atoms with Crippen LogP contribution >= 0.6 is 11.8 Å². The van der Waals surface area contributed by atoms with Gasteiger partial charge in [-0.2, -0.15) is 11.8 Å². The predicted octanol–water partition coefficient (Wildman–Crippen LogP) is 3.53. The molecule has 1 atom stereocenters. The third-order valence-electron chi connectivity index (χ3n) is 4.51. The fourth-order valence-corrected chi connectivity index (χ4v) is 3.84. The quantitative estimate of drug-likeness (QED) is 0.778. The second kappa shape index (κ2) is 5.80. The Labute approximate surface area is 125 Å². The van der Waals surface area contributed by atoms with Crippen LogP contribution in [0, 0.1) is 18.3 Å². The summed E-state index contributed by atoms with van der Waals surface area (Å²) in [6.07, 6.45) is 4.80. The predicted molar refractivity (Wildman–Crippen MR) is 84.7 cm³/mol. The molecule has 0 aliphatic heterocycles. The van der Waals surface area contributed by atoms with E-state index in [-0.39, 0.29) is 0 Å². The smallest absolute Gasteiger partial charge is 0.223 e. The minimum Gasteiger partial charge on any atom is -0.356 e. The molecule has 2 aliphatic carbocycles. The van der Waals surface area contributed by atoms with Gasteiger partial charge < -0.3 is 5.32 Å². The summed E-state index contributed by atoms with van der Waals surface area (Å²) >= 11 is 1.95. The normalized spacial score (nSPS) is 21.8. The number of carbonyl (C=O) groups is 1. The number of amides is 1. The molecule has 20 heavy (non-hydrogen) atoms. The van der Waals surface area contributed by atoms with Crippen molar-refractivity contribution in [2.24, 2.45) is 11.3 Å². The highest BCUT2D eigenvalue weighted by Gasteiger charge is 2.65. The zero-order chi connectivity index (χ0) is 14.0. The van der Waals surface area contributed by atoms with Crippen LogP contribution in [0.4, 0.5) is 0 Å². The lowest BCUT2D eigenvalue weighted by Gasteiger charge is -2.05. The van der Waals surface area contributed by atoms with Crippen molar-refractivity contribution >= 4 is 17.7 Å². The average molecular weight is 289 g/mol. The summed E-state index contributed by atoms with van der Waals surface area (Å²) in [7, 11) is 0. The van der Waals surface area contributed by atoms with Crippen molar-refractivity contribution in [3.05, 3.63) is 35.4 Å². The molecule has 0 radical (unpaired) electrons. The zero-order valence-corrected chi connectivity index (χ0v) is 13.0. The van der Waals surface area contributed by atoms with E-state index in [2.05, 4.69) is 36.5 Å². The van der Waals surface area contributed by atoms with Gasteiger partial charge in [0.2, 0.25) is 5.91 Å². The van der Waals surface area contributed by atoms with Crippen molar-refractivity contribution < 1.29 is 4.79 Å². The lowest BCUT2D eigenvalue weighted by Crippen LogP contribution is -2.27. The Kier molecular flexibility index (Phi) is 4.06. The molecule has 2 aliphatic rings. The van der Waals surface area contributed by atoms with Crippen LogP contribution in [0.1, 0.15) is 36.8 Å². The fraction of sp³-hybridized carbons (Fsp3) is 0.588. The van der Waals surface area contributed by atoms with Crippen LogP contribution < -0.4 is 5.32 Å². The molecule has 1 N–H and O–H groups in total. The maximum atomic E-state index is 11.8. The number of nitrogens with one attached hydrogen (secondary N) is 1. The third kappa shape index (κ3) is 3.38. The van der Waals surface area contributed by atoms with Crippen LogP contribution in [0.15, 0.2) is 24.3 Å².